The number of aliphatic hydroxyl groups is 1. The molecule has 0 aromatic rings. The van der Waals surface area contributed by atoms with Crippen LogP contribution in [0.15, 0.2) is 0 Å². The highest BCUT2D eigenvalue weighted by molar-refractivity contribution is 5.72. The van der Waals surface area contributed by atoms with Crippen molar-refractivity contribution < 1.29 is 24.1 Å². The van der Waals surface area contributed by atoms with Gasteiger partial charge in [-0.25, -0.2) is 0 Å². The van der Waals surface area contributed by atoms with Crippen LogP contribution in [-0.4, -0.2) is 42.8 Å². The van der Waals surface area contributed by atoms with Gasteiger partial charge < -0.3 is 19.3 Å². The van der Waals surface area contributed by atoms with Gasteiger partial charge in [0.15, 0.2) is 6.29 Å². The van der Waals surface area contributed by atoms with Crippen LogP contribution in [0.1, 0.15) is 32.1 Å². The smallest absolute Gasteiger partial charge is 0.306 e. The molecule has 0 spiro atoms. The summed E-state index contributed by atoms with van der Waals surface area (Å²) >= 11 is 0. The Kier molecular flexibility index (Phi) is 3.54. The Bertz CT molecular complexity index is 313. The van der Waals surface area contributed by atoms with Crippen molar-refractivity contribution >= 4 is 5.97 Å². The topological polar surface area (TPSA) is 65.0 Å². The Labute approximate surface area is 106 Å². The lowest BCUT2D eigenvalue weighted by molar-refractivity contribution is -0.199. The van der Waals surface area contributed by atoms with Gasteiger partial charge in [0.1, 0.15) is 6.10 Å². The summed E-state index contributed by atoms with van der Waals surface area (Å²) in [6, 6.07) is 0. The summed E-state index contributed by atoms with van der Waals surface area (Å²) in [5, 5.41) is 9.51. The van der Waals surface area contributed by atoms with E-state index < -0.39 is 0 Å². The average molecular weight is 256 g/mol. The van der Waals surface area contributed by atoms with Gasteiger partial charge in [0.25, 0.3) is 0 Å². The molecule has 1 N–H and O–H groups in total. The van der Waals surface area contributed by atoms with E-state index in [-0.39, 0.29) is 42.9 Å². The summed E-state index contributed by atoms with van der Waals surface area (Å²) in [5.41, 5.74) is 0. The van der Waals surface area contributed by atoms with E-state index in [2.05, 4.69) is 0 Å². The fourth-order valence-corrected chi connectivity index (χ4v) is 3.38. The summed E-state index contributed by atoms with van der Waals surface area (Å²) in [5.74, 6) is -0.0149. The van der Waals surface area contributed by atoms with Crippen molar-refractivity contribution in [2.24, 2.45) is 11.8 Å². The van der Waals surface area contributed by atoms with Crippen LogP contribution in [0.2, 0.25) is 0 Å². The summed E-state index contributed by atoms with van der Waals surface area (Å²) in [4.78, 5) is 11.2. The van der Waals surface area contributed by atoms with Crippen LogP contribution in [0.3, 0.4) is 0 Å². The van der Waals surface area contributed by atoms with Crippen molar-refractivity contribution in [3.05, 3.63) is 0 Å². The molecule has 5 heteroatoms. The largest absolute Gasteiger partial charge is 0.462 e. The fraction of sp³-hybridized carbons (Fsp3) is 0.923. The zero-order chi connectivity index (χ0) is 12.5. The predicted molar refractivity (Wildman–Crippen MR) is 61.6 cm³/mol. The van der Waals surface area contributed by atoms with E-state index >= 15 is 0 Å². The number of esters is 1. The lowest BCUT2D eigenvalue weighted by Crippen LogP contribution is -2.33. The molecule has 3 aliphatic rings. The van der Waals surface area contributed by atoms with Gasteiger partial charge in [-0.2, -0.15) is 0 Å². The molecule has 1 aliphatic carbocycles. The molecule has 0 aromatic carbocycles. The number of aliphatic hydroxyl groups excluding tert-OH is 1. The van der Waals surface area contributed by atoms with Crippen molar-refractivity contribution in [1.82, 2.24) is 0 Å². The number of fused-ring (bicyclic) bond motifs is 1. The molecule has 102 valence electrons. The van der Waals surface area contributed by atoms with Gasteiger partial charge in [0, 0.05) is 31.5 Å². The zero-order valence-corrected chi connectivity index (χ0v) is 10.4. The highest BCUT2D eigenvalue weighted by atomic mass is 16.7. The van der Waals surface area contributed by atoms with E-state index in [1.54, 1.807) is 0 Å². The third-order valence-electron chi connectivity index (χ3n) is 4.33. The van der Waals surface area contributed by atoms with Gasteiger partial charge >= 0.3 is 5.97 Å². The molecule has 2 aliphatic heterocycles. The SMILES string of the molecule is O=C1C[C@@H]2C(CO)C(OC3CCCCO3)C[C@@H]2O1. The van der Waals surface area contributed by atoms with E-state index in [9.17, 15) is 9.90 Å². The molecule has 18 heavy (non-hydrogen) atoms. The summed E-state index contributed by atoms with van der Waals surface area (Å²) in [6.45, 7) is 0.804. The summed E-state index contributed by atoms with van der Waals surface area (Å²) < 4.78 is 16.8. The maximum atomic E-state index is 11.2. The molecule has 2 heterocycles. The number of carbonyl (C=O) groups is 1. The van der Waals surface area contributed by atoms with Crippen LogP contribution in [0, 0.1) is 11.8 Å². The second-order valence-electron chi connectivity index (χ2n) is 5.45. The van der Waals surface area contributed by atoms with Gasteiger partial charge in [0.05, 0.1) is 12.5 Å². The highest BCUT2D eigenvalue weighted by Gasteiger charge is 2.50. The van der Waals surface area contributed by atoms with Crippen molar-refractivity contribution in [3.8, 4) is 0 Å². The first-order valence-electron chi connectivity index (χ1n) is 6.85. The van der Waals surface area contributed by atoms with Crippen LogP contribution in [0.25, 0.3) is 0 Å². The minimum atomic E-state index is -0.146. The Morgan fingerprint density at radius 1 is 1.39 bits per heavy atom. The predicted octanol–water partition coefficient (Wildman–Crippen LogP) is 0.842. The Morgan fingerprint density at radius 2 is 2.28 bits per heavy atom. The van der Waals surface area contributed by atoms with Gasteiger partial charge in [-0.05, 0) is 19.3 Å². The zero-order valence-electron chi connectivity index (χ0n) is 10.4. The average Bonchev–Trinajstić information content (AvgIpc) is 2.85. The molecule has 0 radical (unpaired) electrons. The van der Waals surface area contributed by atoms with E-state index in [0.717, 1.165) is 25.9 Å². The van der Waals surface area contributed by atoms with Crippen LogP contribution in [-0.2, 0) is 19.0 Å². The normalized spacial score (nSPS) is 43.8. The Hall–Kier alpha value is -0.650. The third-order valence-corrected chi connectivity index (χ3v) is 4.33. The second kappa shape index (κ2) is 5.15. The van der Waals surface area contributed by atoms with Gasteiger partial charge in [-0.3, -0.25) is 4.79 Å². The molecule has 0 amide bonds. The van der Waals surface area contributed by atoms with Crippen LogP contribution >= 0.6 is 0 Å². The maximum absolute atomic E-state index is 11.2. The number of hydrogen-bond donors (Lipinski definition) is 1. The van der Waals surface area contributed by atoms with Crippen molar-refractivity contribution in [2.75, 3.05) is 13.2 Å². The molecule has 0 aromatic heterocycles. The summed E-state index contributed by atoms with van der Waals surface area (Å²) in [7, 11) is 0. The van der Waals surface area contributed by atoms with Crippen LogP contribution < -0.4 is 0 Å². The van der Waals surface area contributed by atoms with Gasteiger partial charge in [-0.1, -0.05) is 0 Å². The molecule has 1 saturated carbocycles. The molecule has 3 rings (SSSR count). The third kappa shape index (κ3) is 2.27. The number of carbonyl (C=O) groups excluding carboxylic acids is 1. The molecule has 2 saturated heterocycles. The molecule has 0 bridgehead atoms. The number of ether oxygens (including phenoxy) is 3. The van der Waals surface area contributed by atoms with Crippen LogP contribution in [0.4, 0.5) is 0 Å². The van der Waals surface area contributed by atoms with Gasteiger partial charge in [-0.15, -0.1) is 0 Å². The van der Waals surface area contributed by atoms with Crippen molar-refractivity contribution in [2.45, 2.75) is 50.6 Å². The lowest BCUT2D eigenvalue weighted by atomic mass is 9.93. The first-order chi connectivity index (χ1) is 8.78. The molecule has 3 fully saturated rings. The maximum Gasteiger partial charge on any atom is 0.306 e. The Balaban J connectivity index is 1.61. The molecule has 5 atom stereocenters. The Morgan fingerprint density at radius 3 is 3.00 bits per heavy atom. The summed E-state index contributed by atoms with van der Waals surface area (Å²) in [6.07, 6.45) is 4.00. The van der Waals surface area contributed by atoms with Crippen molar-refractivity contribution in [3.63, 3.8) is 0 Å². The quantitative estimate of drug-likeness (QED) is 0.758. The molecule has 5 nitrogen and oxygen atoms in total. The standard InChI is InChI=1S/C13H20O5/c14-7-9-8-5-12(15)17-10(8)6-11(9)18-13-3-1-2-4-16-13/h8-11,13-14H,1-7H2/t8-,9?,10+,11?,13?/m1/s1. The van der Waals surface area contributed by atoms with E-state index in [4.69, 9.17) is 14.2 Å². The second-order valence-corrected chi connectivity index (χ2v) is 5.45. The van der Waals surface area contributed by atoms with Gasteiger partial charge in [0.2, 0.25) is 0 Å². The monoisotopic (exact) mass is 256 g/mol. The van der Waals surface area contributed by atoms with E-state index in [0.29, 0.717) is 12.8 Å². The fourth-order valence-electron chi connectivity index (χ4n) is 3.38. The highest BCUT2D eigenvalue weighted by Crippen LogP contribution is 2.43. The molecule has 3 unspecified atom stereocenters. The lowest BCUT2D eigenvalue weighted by Gasteiger charge is -2.29. The van der Waals surface area contributed by atoms with E-state index in [1.165, 1.54) is 0 Å². The first-order valence-corrected chi connectivity index (χ1v) is 6.85. The van der Waals surface area contributed by atoms with E-state index in [1.807, 2.05) is 0 Å². The van der Waals surface area contributed by atoms with Crippen LogP contribution in [0.5, 0.6) is 0 Å². The molecular weight excluding hydrogens is 236 g/mol. The van der Waals surface area contributed by atoms with Crippen molar-refractivity contribution in [1.29, 1.82) is 0 Å². The number of rotatable bonds is 3. The molecular formula is C13H20O5. The first kappa shape index (κ1) is 12.4. The minimum Gasteiger partial charge on any atom is -0.462 e. The minimum absolute atomic E-state index is 0.00646. The number of hydrogen-bond acceptors (Lipinski definition) is 5.